The second-order valence-corrected chi connectivity index (χ2v) is 12.6. The minimum atomic E-state index is -4.04. The Morgan fingerprint density at radius 3 is 2.67 bits per heavy atom. The molecule has 0 saturated heterocycles. The average Bonchev–Trinajstić information content (AvgIpc) is 3.35. The third kappa shape index (κ3) is 6.75. The second-order valence-electron chi connectivity index (χ2n) is 10.7. The van der Waals surface area contributed by atoms with E-state index in [1.807, 2.05) is 6.92 Å². The van der Waals surface area contributed by atoms with E-state index >= 15 is 0 Å². The van der Waals surface area contributed by atoms with E-state index in [0.29, 0.717) is 24.1 Å². The first-order valence-corrected chi connectivity index (χ1v) is 14.8. The number of urea groups is 1. The van der Waals surface area contributed by atoms with Gasteiger partial charge in [0.1, 0.15) is 28.2 Å². The van der Waals surface area contributed by atoms with Crippen LogP contribution in [0.2, 0.25) is 0 Å². The van der Waals surface area contributed by atoms with E-state index in [2.05, 4.69) is 17.2 Å². The molecule has 0 spiro atoms. The van der Waals surface area contributed by atoms with Gasteiger partial charge >= 0.3 is 6.03 Å². The van der Waals surface area contributed by atoms with E-state index in [9.17, 15) is 27.8 Å². The molecule has 1 saturated carbocycles. The maximum Gasteiger partial charge on any atom is 0.321 e. The van der Waals surface area contributed by atoms with Crippen LogP contribution in [0.25, 0.3) is 0 Å². The number of likely N-dealkylation sites (N-methyl/N-ethyl adjacent to an activating group) is 1. The minimum absolute atomic E-state index is 0.0577. The first-order chi connectivity index (χ1) is 18.9. The molecule has 2 aliphatic rings. The zero-order valence-electron chi connectivity index (χ0n) is 22.9. The molecule has 2 amide bonds. The number of carbonyl (C=O) groups excluding carboxylic acids is 1. The lowest BCUT2D eigenvalue weighted by Crippen LogP contribution is -2.50. The number of halogens is 1. The van der Waals surface area contributed by atoms with E-state index in [1.54, 1.807) is 26.1 Å². The number of hydrogen-bond donors (Lipinski definition) is 3. The predicted molar refractivity (Wildman–Crippen MR) is 149 cm³/mol. The molecule has 0 bridgehead atoms. The smallest absolute Gasteiger partial charge is 0.321 e. The van der Waals surface area contributed by atoms with Crippen molar-refractivity contribution >= 4 is 21.7 Å². The van der Waals surface area contributed by atoms with Crippen LogP contribution >= 0.6 is 0 Å². The molecule has 3 N–H and O–H groups in total. The molecule has 1 heterocycles. The maximum atomic E-state index is 13.7. The zero-order chi connectivity index (χ0) is 29.1. The normalized spacial score (nSPS) is 22.4. The van der Waals surface area contributed by atoms with Crippen molar-refractivity contribution in [3.63, 3.8) is 0 Å². The lowest BCUT2D eigenvalue weighted by atomic mass is 10.0. The average molecular weight is 574 g/mol. The first-order valence-electron chi connectivity index (χ1n) is 13.4. The van der Waals surface area contributed by atoms with Crippen molar-refractivity contribution in [2.24, 2.45) is 5.92 Å². The highest BCUT2D eigenvalue weighted by Crippen LogP contribution is 2.34. The molecule has 1 aliphatic heterocycles. The van der Waals surface area contributed by atoms with Gasteiger partial charge in [-0.3, -0.25) is 0 Å². The number of rotatable bonds is 5. The summed E-state index contributed by atoms with van der Waals surface area (Å²) in [5.74, 6) is 5.12. The van der Waals surface area contributed by atoms with E-state index in [-0.39, 0.29) is 36.3 Å². The number of aliphatic hydroxyl groups is 2. The molecular formula is C29H36FN3O6S. The van der Waals surface area contributed by atoms with Crippen molar-refractivity contribution in [3.8, 4) is 17.6 Å². The summed E-state index contributed by atoms with van der Waals surface area (Å²) in [6.45, 7) is 3.23. The molecule has 3 atom stereocenters. The summed E-state index contributed by atoms with van der Waals surface area (Å²) in [6.07, 6.45) is 2.35. The van der Waals surface area contributed by atoms with Crippen LogP contribution in [-0.2, 0) is 10.0 Å². The number of carbonyl (C=O) groups is 1. The van der Waals surface area contributed by atoms with Gasteiger partial charge in [0.25, 0.3) is 0 Å². The number of anilines is 1. The first kappa shape index (κ1) is 29.8. The second kappa shape index (κ2) is 12.1. The van der Waals surface area contributed by atoms with E-state index in [4.69, 9.17) is 4.74 Å². The Balaban J connectivity index is 1.65. The van der Waals surface area contributed by atoms with Gasteiger partial charge in [0.2, 0.25) is 10.0 Å². The Morgan fingerprint density at radius 2 is 2.00 bits per heavy atom. The van der Waals surface area contributed by atoms with Gasteiger partial charge in [0.05, 0.1) is 13.2 Å². The monoisotopic (exact) mass is 573 g/mol. The third-order valence-corrected chi connectivity index (χ3v) is 9.43. The van der Waals surface area contributed by atoms with Crippen LogP contribution in [-0.4, -0.2) is 78.4 Å². The molecule has 11 heteroatoms. The zero-order valence-corrected chi connectivity index (χ0v) is 23.7. The van der Waals surface area contributed by atoms with Crippen LogP contribution in [0.4, 0.5) is 14.9 Å². The van der Waals surface area contributed by atoms with Gasteiger partial charge < -0.3 is 25.2 Å². The Kier molecular flexibility index (Phi) is 9.05. The number of nitrogens with one attached hydrogen (secondary N) is 1. The van der Waals surface area contributed by atoms with Gasteiger partial charge in [-0.1, -0.05) is 24.8 Å². The van der Waals surface area contributed by atoms with Crippen LogP contribution in [0.5, 0.6) is 5.75 Å². The summed E-state index contributed by atoms with van der Waals surface area (Å²) < 4.78 is 48.5. The van der Waals surface area contributed by atoms with Crippen molar-refractivity contribution < 1.29 is 32.6 Å². The van der Waals surface area contributed by atoms with E-state index in [0.717, 1.165) is 12.8 Å². The molecular weight excluding hydrogens is 537 g/mol. The highest BCUT2D eigenvalue weighted by Gasteiger charge is 2.38. The van der Waals surface area contributed by atoms with Gasteiger partial charge in [-0.15, -0.1) is 0 Å². The van der Waals surface area contributed by atoms with Crippen LogP contribution < -0.4 is 10.1 Å². The van der Waals surface area contributed by atoms with Crippen molar-refractivity contribution in [2.75, 3.05) is 32.1 Å². The van der Waals surface area contributed by atoms with E-state index in [1.165, 1.54) is 39.5 Å². The molecule has 1 aliphatic carbocycles. The van der Waals surface area contributed by atoms with Gasteiger partial charge in [-0.2, -0.15) is 4.31 Å². The van der Waals surface area contributed by atoms with Crippen molar-refractivity contribution in [1.82, 2.24) is 9.21 Å². The molecule has 0 aromatic heterocycles. The number of nitrogens with zero attached hydrogens (tertiary/aromatic N) is 2. The summed E-state index contributed by atoms with van der Waals surface area (Å²) >= 11 is 0. The fraction of sp³-hybridized carbons (Fsp3) is 0.483. The van der Waals surface area contributed by atoms with Gasteiger partial charge in [-0.25, -0.2) is 17.6 Å². The molecule has 0 unspecified atom stereocenters. The summed E-state index contributed by atoms with van der Waals surface area (Å²) in [5, 5.41) is 23.1. The molecule has 40 heavy (non-hydrogen) atoms. The molecule has 1 fully saturated rings. The summed E-state index contributed by atoms with van der Waals surface area (Å²) in [7, 11) is -2.47. The van der Waals surface area contributed by atoms with E-state index < -0.39 is 39.6 Å². The number of hydrogen-bond acceptors (Lipinski definition) is 6. The highest BCUT2D eigenvalue weighted by molar-refractivity contribution is 7.89. The number of ether oxygens (including phenoxy) is 1. The number of sulfonamides is 1. The number of amides is 2. The van der Waals surface area contributed by atoms with Crippen LogP contribution in [0.15, 0.2) is 47.4 Å². The Hall–Kier alpha value is -3.17. The largest absolute Gasteiger partial charge is 0.487 e. The van der Waals surface area contributed by atoms with Gasteiger partial charge in [0.15, 0.2) is 0 Å². The Morgan fingerprint density at radius 1 is 1.27 bits per heavy atom. The summed E-state index contributed by atoms with van der Waals surface area (Å²) in [4.78, 5) is 14.2. The lowest BCUT2D eigenvalue weighted by Gasteiger charge is -2.37. The van der Waals surface area contributed by atoms with Crippen molar-refractivity contribution in [2.45, 2.75) is 62.2 Å². The standard InChI is InChI=1S/C29H36FN3O6S/c1-20-17-33(21(2)19-34)40(37,38)27-10-9-22(11-14-29(36)12-4-5-13-29)15-25(27)39-26(20)18-32(3)28(35)31-24-8-6-7-23(30)16-24/h6-10,15-16,20-21,26,34,36H,4-5,12-13,17-19H2,1-3H3,(H,31,35)/t20-,21+,26-/m0/s1. The molecule has 4 rings (SSSR count). The molecule has 0 radical (unpaired) electrons. The molecule has 9 nitrogen and oxygen atoms in total. The summed E-state index contributed by atoms with van der Waals surface area (Å²) in [5.41, 5.74) is -0.269. The number of aliphatic hydroxyl groups excluding tert-OH is 1. The molecule has 2 aromatic carbocycles. The SMILES string of the molecule is C[C@H](CO)N1C[C@H](C)[C@H](CN(C)C(=O)Nc2cccc(F)c2)Oc2cc(C#CC3(O)CCCC3)ccc2S1(=O)=O. The van der Waals surface area contributed by atoms with Crippen LogP contribution in [0.3, 0.4) is 0 Å². The van der Waals surface area contributed by atoms with Crippen molar-refractivity contribution in [3.05, 3.63) is 53.8 Å². The van der Waals surface area contributed by atoms with Crippen molar-refractivity contribution in [1.29, 1.82) is 0 Å². The molecule has 2 aromatic rings. The third-order valence-electron chi connectivity index (χ3n) is 7.41. The van der Waals surface area contributed by atoms with Crippen LogP contribution in [0, 0.1) is 23.6 Å². The predicted octanol–water partition coefficient (Wildman–Crippen LogP) is 3.41. The minimum Gasteiger partial charge on any atom is -0.487 e. The Bertz CT molecular complexity index is 1400. The topological polar surface area (TPSA) is 119 Å². The molecule has 216 valence electrons. The number of benzene rings is 2. The highest BCUT2D eigenvalue weighted by atomic mass is 32.2. The summed E-state index contributed by atoms with van der Waals surface area (Å²) in [6, 6.07) is 8.92. The quantitative estimate of drug-likeness (QED) is 0.472. The van der Waals surface area contributed by atoms with Gasteiger partial charge in [-0.05, 0) is 69.0 Å². The van der Waals surface area contributed by atoms with Crippen LogP contribution in [0.1, 0.15) is 45.1 Å². The fourth-order valence-corrected chi connectivity index (χ4v) is 6.76. The maximum absolute atomic E-state index is 13.7. The Labute approximate surface area is 235 Å². The number of fused-ring (bicyclic) bond motifs is 1. The van der Waals surface area contributed by atoms with Gasteiger partial charge in [0, 0.05) is 36.8 Å². The fourth-order valence-electron chi connectivity index (χ4n) is 4.93. The lowest BCUT2D eigenvalue weighted by molar-refractivity contribution is 0.0830.